The van der Waals surface area contributed by atoms with Crippen LogP contribution in [0.15, 0.2) is 12.2 Å². The molecule has 1 heteroatoms. The van der Waals surface area contributed by atoms with Gasteiger partial charge in [0.25, 0.3) is 0 Å². The van der Waals surface area contributed by atoms with Crippen molar-refractivity contribution < 1.29 is 0 Å². The van der Waals surface area contributed by atoms with Gasteiger partial charge in [-0.2, -0.15) is 5.26 Å². The van der Waals surface area contributed by atoms with Gasteiger partial charge in [-0.25, -0.2) is 0 Å². The van der Waals surface area contributed by atoms with Crippen LogP contribution in [0, 0.1) is 11.3 Å². The summed E-state index contributed by atoms with van der Waals surface area (Å²) in [6.07, 6.45) is 1.43. The van der Waals surface area contributed by atoms with Gasteiger partial charge in [0.2, 0.25) is 0 Å². The van der Waals surface area contributed by atoms with Crippen molar-refractivity contribution in [3.05, 3.63) is 12.2 Å². The van der Waals surface area contributed by atoms with Crippen LogP contribution < -0.4 is 0 Å². The number of rotatable bonds is 2. The van der Waals surface area contributed by atoms with E-state index < -0.39 is 0 Å². The zero-order valence-electron chi connectivity index (χ0n) is 4.57. The summed E-state index contributed by atoms with van der Waals surface area (Å²) in [5, 5.41) is 8.06. The first kappa shape index (κ1) is 6.23. The monoisotopic (exact) mass is 95.1 g/mol. The molecule has 0 aliphatic carbocycles. The third kappa shape index (κ3) is 3.05. The van der Waals surface area contributed by atoms with Gasteiger partial charge >= 0.3 is 0 Å². The highest BCUT2D eigenvalue weighted by Gasteiger charge is 1.83. The first-order valence-electron chi connectivity index (χ1n) is 2.34. The maximum absolute atomic E-state index is 8.06. The Balaban J connectivity index is 3.23. The summed E-state index contributed by atoms with van der Waals surface area (Å²) in [6, 6.07) is 2.02. The lowest BCUT2D eigenvalue weighted by atomic mass is 10.2. The molecule has 38 valence electrons. The summed E-state index contributed by atoms with van der Waals surface area (Å²) in [7, 11) is 0. The molecule has 0 unspecified atom stereocenters. The summed E-state index contributed by atoms with van der Waals surface area (Å²) >= 11 is 0. The number of nitriles is 1. The van der Waals surface area contributed by atoms with Crippen LogP contribution in [0.1, 0.15) is 19.8 Å². The van der Waals surface area contributed by atoms with Gasteiger partial charge in [-0.05, 0) is 6.42 Å². The van der Waals surface area contributed by atoms with Gasteiger partial charge in [-0.1, -0.05) is 19.1 Å². The van der Waals surface area contributed by atoms with Gasteiger partial charge < -0.3 is 0 Å². The van der Waals surface area contributed by atoms with Crippen molar-refractivity contribution in [1.29, 1.82) is 5.26 Å². The van der Waals surface area contributed by atoms with Crippen LogP contribution in [-0.2, 0) is 0 Å². The molecule has 0 aromatic carbocycles. The largest absolute Gasteiger partial charge is 0.198 e. The minimum atomic E-state index is 0.510. The standard InChI is InChI=1S/C6H9N/c1-3-6(2)4-5-7/h2-4H2,1H3. The molecule has 0 bridgehead atoms. The van der Waals surface area contributed by atoms with Gasteiger partial charge in [0.05, 0.1) is 12.5 Å². The quantitative estimate of drug-likeness (QED) is 0.480. The highest BCUT2D eigenvalue weighted by atomic mass is 14.2. The first-order chi connectivity index (χ1) is 3.31. The molecule has 1 nitrogen and oxygen atoms in total. The number of hydrogen-bond acceptors (Lipinski definition) is 1. The second-order valence-electron chi connectivity index (χ2n) is 1.44. The molecule has 0 N–H and O–H groups in total. The average molecular weight is 95.1 g/mol. The SMILES string of the molecule is C=C(CC)CC#N. The average Bonchev–Trinajstić information content (AvgIpc) is 1.68. The molecule has 0 aliphatic heterocycles. The van der Waals surface area contributed by atoms with Crippen LogP contribution in [0.5, 0.6) is 0 Å². The number of hydrogen-bond donors (Lipinski definition) is 0. The number of allylic oxidation sites excluding steroid dienone is 1. The summed E-state index contributed by atoms with van der Waals surface area (Å²) in [4.78, 5) is 0. The van der Waals surface area contributed by atoms with Gasteiger partial charge in [0.1, 0.15) is 0 Å². The fourth-order valence-electron chi connectivity index (χ4n) is 0.237. The van der Waals surface area contributed by atoms with Gasteiger partial charge in [-0.15, -0.1) is 0 Å². The zero-order valence-corrected chi connectivity index (χ0v) is 4.57. The van der Waals surface area contributed by atoms with Crippen molar-refractivity contribution >= 4 is 0 Å². The van der Waals surface area contributed by atoms with E-state index in [2.05, 4.69) is 6.58 Å². The van der Waals surface area contributed by atoms with Crippen LogP contribution >= 0.6 is 0 Å². The van der Waals surface area contributed by atoms with E-state index in [4.69, 9.17) is 5.26 Å². The maximum Gasteiger partial charge on any atom is 0.0666 e. The molecule has 0 saturated carbocycles. The van der Waals surface area contributed by atoms with E-state index in [1.165, 1.54) is 0 Å². The minimum Gasteiger partial charge on any atom is -0.198 e. The second kappa shape index (κ2) is 3.42. The van der Waals surface area contributed by atoms with Gasteiger partial charge in [0, 0.05) is 0 Å². The zero-order chi connectivity index (χ0) is 5.70. The smallest absolute Gasteiger partial charge is 0.0666 e. The minimum absolute atomic E-state index is 0.510. The Morgan fingerprint density at radius 2 is 2.43 bits per heavy atom. The van der Waals surface area contributed by atoms with E-state index in [0.29, 0.717) is 6.42 Å². The van der Waals surface area contributed by atoms with Crippen LogP contribution in [0.2, 0.25) is 0 Å². The molecule has 0 radical (unpaired) electrons. The van der Waals surface area contributed by atoms with E-state index in [1.807, 2.05) is 13.0 Å². The molecule has 0 atom stereocenters. The first-order valence-corrected chi connectivity index (χ1v) is 2.34. The molecule has 0 amide bonds. The molecule has 0 aromatic heterocycles. The third-order valence-electron chi connectivity index (χ3n) is 0.829. The Morgan fingerprint density at radius 1 is 1.86 bits per heavy atom. The summed E-state index contributed by atoms with van der Waals surface area (Å²) in [5.41, 5.74) is 1.02. The van der Waals surface area contributed by atoms with Crippen molar-refractivity contribution in [3.63, 3.8) is 0 Å². The van der Waals surface area contributed by atoms with Crippen LogP contribution in [0.3, 0.4) is 0 Å². The lowest BCUT2D eigenvalue weighted by Crippen LogP contribution is -1.71. The summed E-state index contributed by atoms with van der Waals surface area (Å²) in [5.74, 6) is 0. The second-order valence-corrected chi connectivity index (χ2v) is 1.44. The van der Waals surface area contributed by atoms with E-state index in [-0.39, 0.29) is 0 Å². The Bertz CT molecular complexity index is 97.2. The topological polar surface area (TPSA) is 23.8 Å². The van der Waals surface area contributed by atoms with Crippen molar-refractivity contribution in [2.75, 3.05) is 0 Å². The predicted octanol–water partition coefficient (Wildman–Crippen LogP) is 1.87. The normalized spacial score (nSPS) is 7.43. The van der Waals surface area contributed by atoms with Gasteiger partial charge in [-0.3, -0.25) is 0 Å². The van der Waals surface area contributed by atoms with Crippen molar-refractivity contribution in [2.45, 2.75) is 19.8 Å². The fourth-order valence-corrected chi connectivity index (χ4v) is 0.237. The number of nitrogens with zero attached hydrogens (tertiary/aromatic N) is 1. The maximum atomic E-state index is 8.06. The lowest BCUT2D eigenvalue weighted by molar-refractivity contribution is 1.05. The third-order valence-corrected chi connectivity index (χ3v) is 0.829. The molecule has 0 spiro atoms. The Kier molecular flexibility index (Phi) is 3.04. The lowest BCUT2D eigenvalue weighted by Gasteiger charge is -1.87. The molecule has 0 heterocycles. The molecule has 0 rings (SSSR count). The van der Waals surface area contributed by atoms with Gasteiger partial charge in [0.15, 0.2) is 0 Å². The summed E-state index contributed by atoms with van der Waals surface area (Å²) in [6.45, 7) is 5.64. The molecule has 0 fully saturated rings. The Morgan fingerprint density at radius 3 is 2.57 bits per heavy atom. The fraction of sp³-hybridized carbons (Fsp3) is 0.500. The van der Waals surface area contributed by atoms with Crippen molar-refractivity contribution in [1.82, 2.24) is 0 Å². The predicted molar refractivity (Wildman–Crippen MR) is 29.7 cm³/mol. The molecule has 0 aliphatic rings. The van der Waals surface area contributed by atoms with Crippen LogP contribution in [-0.4, -0.2) is 0 Å². The molecular formula is C6H9N. The van der Waals surface area contributed by atoms with E-state index in [9.17, 15) is 0 Å². The van der Waals surface area contributed by atoms with E-state index in [1.54, 1.807) is 0 Å². The molecule has 7 heavy (non-hydrogen) atoms. The van der Waals surface area contributed by atoms with Crippen LogP contribution in [0.4, 0.5) is 0 Å². The van der Waals surface area contributed by atoms with Crippen LogP contribution in [0.25, 0.3) is 0 Å². The molecule has 0 saturated heterocycles. The highest BCUT2D eigenvalue weighted by Crippen LogP contribution is 1.98. The van der Waals surface area contributed by atoms with E-state index >= 15 is 0 Å². The summed E-state index contributed by atoms with van der Waals surface area (Å²) < 4.78 is 0. The molecular weight excluding hydrogens is 86.1 g/mol. The highest BCUT2D eigenvalue weighted by molar-refractivity contribution is 5.00. The van der Waals surface area contributed by atoms with Crippen molar-refractivity contribution in [3.8, 4) is 6.07 Å². The van der Waals surface area contributed by atoms with Crippen molar-refractivity contribution in [2.24, 2.45) is 0 Å². The van der Waals surface area contributed by atoms with E-state index in [0.717, 1.165) is 12.0 Å². The molecule has 0 aromatic rings. The Hall–Kier alpha value is -0.770. The Labute approximate surface area is 44.3 Å².